The van der Waals surface area contributed by atoms with Crippen LogP contribution in [0.25, 0.3) is 0 Å². The summed E-state index contributed by atoms with van der Waals surface area (Å²) in [7, 11) is 0. The normalized spacial score (nSPS) is 10.4. The molecule has 2 aromatic carbocycles. The molecule has 1 amide bonds. The number of benzene rings is 2. The van der Waals surface area contributed by atoms with Crippen LogP contribution in [0.15, 0.2) is 54.6 Å². The number of carbonyl (C=O) groups is 1. The van der Waals surface area contributed by atoms with Crippen molar-refractivity contribution in [2.24, 2.45) is 0 Å². The molecular weight excluding hydrogens is 374 g/mol. The van der Waals surface area contributed by atoms with E-state index in [1.165, 1.54) is 12.5 Å². The molecule has 1 aromatic heterocycles. The van der Waals surface area contributed by atoms with Gasteiger partial charge < -0.3 is 16.0 Å². The van der Waals surface area contributed by atoms with Crippen LogP contribution in [-0.2, 0) is 11.2 Å². The van der Waals surface area contributed by atoms with Gasteiger partial charge >= 0.3 is 0 Å². The molecule has 7 heteroatoms. The van der Waals surface area contributed by atoms with Gasteiger partial charge in [0.15, 0.2) is 0 Å². The largest absolute Gasteiger partial charge is 0.354 e. The summed E-state index contributed by atoms with van der Waals surface area (Å²) in [5.74, 6) is 1.14. The van der Waals surface area contributed by atoms with Gasteiger partial charge in [0.05, 0.1) is 0 Å². The predicted octanol–water partition coefficient (Wildman–Crippen LogP) is 4.80. The Morgan fingerprint density at radius 2 is 1.79 bits per heavy atom. The van der Waals surface area contributed by atoms with Crippen LogP contribution >= 0.6 is 11.6 Å². The lowest BCUT2D eigenvalue weighted by Gasteiger charge is -2.11. The van der Waals surface area contributed by atoms with Crippen molar-refractivity contribution < 1.29 is 4.79 Å². The maximum absolute atomic E-state index is 11.2. The van der Waals surface area contributed by atoms with Gasteiger partial charge in [-0.1, -0.05) is 29.8 Å². The van der Waals surface area contributed by atoms with Gasteiger partial charge in [-0.15, -0.1) is 0 Å². The van der Waals surface area contributed by atoms with E-state index in [0.717, 1.165) is 28.5 Å². The van der Waals surface area contributed by atoms with E-state index < -0.39 is 0 Å². The number of aromatic nitrogens is 2. The molecule has 0 atom stereocenters. The summed E-state index contributed by atoms with van der Waals surface area (Å²) < 4.78 is 0. The Balaban J connectivity index is 1.64. The zero-order chi connectivity index (χ0) is 19.9. The lowest BCUT2D eigenvalue weighted by Crippen LogP contribution is -2.10. The lowest BCUT2D eigenvalue weighted by atomic mass is 10.1. The van der Waals surface area contributed by atoms with Gasteiger partial charge in [-0.3, -0.25) is 4.79 Å². The van der Waals surface area contributed by atoms with Crippen LogP contribution in [0.2, 0.25) is 5.02 Å². The number of hydrogen-bond acceptors (Lipinski definition) is 5. The van der Waals surface area contributed by atoms with Gasteiger partial charge in [-0.25, -0.2) is 4.98 Å². The minimum Gasteiger partial charge on any atom is -0.354 e. The molecule has 1 heterocycles. The van der Waals surface area contributed by atoms with Crippen LogP contribution in [0.3, 0.4) is 0 Å². The van der Waals surface area contributed by atoms with Crippen molar-refractivity contribution in [2.45, 2.75) is 20.3 Å². The highest BCUT2D eigenvalue weighted by molar-refractivity contribution is 6.30. The average Bonchev–Trinajstić information content (AvgIpc) is 2.63. The molecule has 6 nitrogen and oxygen atoms in total. The molecule has 0 saturated carbocycles. The molecule has 3 rings (SSSR count). The zero-order valence-corrected chi connectivity index (χ0v) is 16.5. The summed E-state index contributed by atoms with van der Waals surface area (Å²) in [5.41, 5.74) is 3.60. The molecule has 0 unspecified atom stereocenters. The predicted molar refractivity (Wildman–Crippen MR) is 114 cm³/mol. The highest BCUT2D eigenvalue weighted by Gasteiger charge is 2.04. The van der Waals surface area contributed by atoms with Crippen LogP contribution in [0.5, 0.6) is 0 Å². The standard InChI is InChI=1S/C21H22ClN5O/c1-14-12-20(26-19-5-3-4-18(13-19)25-15(2)28)27-21(24-14)23-11-10-16-6-8-17(22)9-7-16/h3-9,12-13H,10-11H2,1-2H3,(H,25,28)(H2,23,24,26,27). The fourth-order valence-electron chi connectivity index (χ4n) is 2.71. The first-order valence-corrected chi connectivity index (χ1v) is 9.34. The SMILES string of the molecule is CC(=O)Nc1cccc(Nc2cc(C)nc(NCCc3ccc(Cl)cc3)n2)c1. The monoisotopic (exact) mass is 395 g/mol. The second kappa shape index (κ2) is 9.19. The van der Waals surface area contributed by atoms with Crippen molar-refractivity contribution in [1.82, 2.24) is 9.97 Å². The molecule has 0 spiro atoms. The van der Waals surface area contributed by atoms with E-state index in [4.69, 9.17) is 11.6 Å². The Labute approximate surface area is 169 Å². The molecule has 0 radical (unpaired) electrons. The molecule has 3 N–H and O–H groups in total. The third kappa shape index (κ3) is 5.96. The number of rotatable bonds is 7. The first-order chi connectivity index (χ1) is 13.5. The minimum absolute atomic E-state index is 0.109. The van der Waals surface area contributed by atoms with E-state index in [0.29, 0.717) is 18.3 Å². The molecule has 28 heavy (non-hydrogen) atoms. The summed E-state index contributed by atoms with van der Waals surface area (Å²) in [4.78, 5) is 20.2. The van der Waals surface area contributed by atoms with Crippen molar-refractivity contribution in [3.63, 3.8) is 0 Å². The van der Waals surface area contributed by atoms with Crippen LogP contribution in [-0.4, -0.2) is 22.4 Å². The van der Waals surface area contributed by atoms with E-state index >= 15 is 0 Å². The molecule has 0 bridgehead atoms. The lowest BCUT2D eigenvalue weighted by molar-refractivity contribution is -0.114. The molecule has 0 aliphatic rings. The summed E-state index contributed by atoms with van der Waals surface area (Å²) in [6.07, 6.45) is 0.843. The maximum atomic E-state index is 11.2. The van der Waals surface area contributed by atoms with Gasteiger partial charge in [-0.05, 0) is 49.2 Å². The Morgan fingerprint density at radius 3 is 2.54 bits per heavy atom. The van der Waals surface area contributed by atoms with Crippen molar-refractivity contribution in [1.29, 1.82) is 0 Å². The Kier molecular flexibility index (Phi) is 6.45. The second-order valence-corrected chi connectivity index (χ2v) is 6.84. The first-order valence-electron chi connectivity index (χ1n) is 8.96. The van der Waals surface area contributed by atoms with E-state index in [1.807, 2.05) is 61.5 Å². The molecular formula is C21H22ClN5O. The molecule has 0 saturated heterocycles. The highest BCUT2D eigenvalue weighted by Crippen LogP contribution is 2.20. The molecule has 3 aromatic rings. The smallest absolute Gasteiger partial charge is 0.224 e. The third-order valence-corrected chi connectivity index (χ3v) is 4.17. The Hall–Kier alpha value is -3.12. The van der Waals surface area contributed by atoms with Gasteiger partial charge in [-0.2, -0.15) is 4.98 Å². The van der Waals surface area contributed by atoms with Gasteiger partial charge in [0.2, 0.25) is 11.9 Å². The fourth-order valence-corrected chi connectivity index (χ4v) is 2.83. The fraction of sp³-hybridized carbons (Fsp3) is 0.190. The highest BCUT2D eigenvalue weighted by atomic mass is 35.5. The number of halogens is 1. The molecule has 0 fully saturated rings. The van der Waals surface area contributed by atoms with Crippen LogP contribution in [0.1, 0.15) is 18.2 Å². The third-order valence-electron chi connectivity index (χ3n) is 3.92. The van der Waals surface area contributed by atoms with Crippen LogP contribution < -0.4 is 16.0 Å². The van der Waals surface area contributed by atoms with E-state index in [9.17, 15) is 4.79 Å². The van der Waals surface area contributed by atoms with E-state index in [1.54, 1.807) is 0 Å². The van der Waals surface area contributed by atoms with Crippen LogP contribution in [0, 0.1) is 6.92 Å². The van der Waals surface area contributed by atoms with Crippen LogP contribution in [0.4, 0.5) is 23.1 Å². The van der Waals surface area contributed by atoms with E-state index in [2.05, 4.69) is 25.9 Å². The maximum Gasteiger partial charge on any atom is 0.224 e. The first kappa shape index (κ1) is 19.6. The average molecular weight is 396 g/mol. The summed E-state index contributed by atoms with van der Waals surface area (Å²) in [6.45, 7) is 4.11. The van der Waals surface area contributed by atoms with Crippen molar-refractivity contribution in [3.05, 3.63) is 70.9 Å². The molecule has 0 aliphatic carbocycles. The van der Waals surface area contributed by atoms with Gasteiger partial charge in [0.25, 0.3) is 0 Å². The summed E-state index contributed by atoms with van der Waals surface area (Å²) in [5, 5.41) is 10.0. The van der Waals surface area contributed by atoms with Crippen molar-refractivity contribution >= 4 is 40.6 Å². The van der Waals surface area contributed by atoms with Crippen molar-refractivity contribution in [3.8, 4) is 0 Å². The number of nitrogens with zero attached hydrogens (tertiary/aromatic N) is 2. The zero-order valence-electron chi connectivity index (χ0n) is 15.8. The summed E-state index contributed by atoms with van der Waals surface area (Å²) in [6, 6.07) is 17.1. The van der Waals surface area contributed by atoms with Crippen molar-refractivity contribution in [2.75, 3.05) is 22.5 Å². The number of carbonyl (C=O) groups excluding carboxylic acids is 1. The van der Waals surface area contributed by atoms with E-state index in [-0.39, 0.29) is 5.91 Å². The van der Waals surface area contributed by atoms with Gasteiger partial charge in [0.1, 0.15) is 5.82 Å². The summed E-state index contributed by atoms with van der Waals surface area (Å²) >= 11 is 5.91. The Morgan fingerprint density at radius 1 is 1.04 bits per heavy atom. The number of aryl methyl sites for hydroxylation is 1. The number of hydrogen-bond donors (Lipinski definition) is 3. The number of amides is 1. The number of anilines is 4. The Bertz CT molecular complexity index is 959. The number of nitrogens with one attached hydrogen (secondary N) is 3. The minimum atomic E-state index is -0.109. The quantitative estimate of drug-likeness (QED) is 0.535. The molecule has 144 valence electrons. The molecule has 0 aliphatic heterocycles. The topological polar surface area (TPSA) is 78.9 Å². The second-order valence-electron chi connectivity index (χ2n) is 6.41. The van der Waals surface area contributed by atoms with Gasteiger partial charge in [0, 0.05) is 41.6 Å².